The number of rotatable bonds is 5. The molecule has 0 bridgehead atoms. The van der Waals surface area contributed by atoms with Gasteiger partial charge in [0.25, 0.3) is 5.91 Å². The van der Waals surface area contributed by atoms with Gasteiger partial charge in [-0.1, -0.05) is 48.4 Å². The predicted octanol–water partition coefficient (Wildman–Crippen LogP) is 4.97. The van der Waals surface area contributed by atoms with Gasteiger partial charge in [0.1, 0.15) is 11.8 Å². The summed E-state index contributed by atoms with van der Waals surface area (Å²) in [7, 11) is 0. The highest BCUT2D eigenvalue weighted by atomic mass is 35.5. The van der Waals surface area contributed by atoms with Crippen LogP contribution >= 0.6 is 11.6 Å². The first-order valence-electron chi connectivity index (χ1n) is 9.76. The maximum Gasteiger partial charge on any atom is 0.325 e. The first-order chi connectivity index (χ1) is 14.3. The first kappa shape index (κ1) is 20.2. The summed E-state index contributed by atoms with van der Waals surface area (Å²) in [6, 6.07) is 12.5. The molecule has 6 nitrogen and oxygen atoms in total. The minimum Gasteiger partial charge on any atom is -0.444 e. The van der Waals surface area contributed by atoms with E-state index in [9.17, 15) is 9.59 Å². The normalized spacial score (nSPS) is 18.7. The number of carbonyl (C=O) groups is 2. The minimum absolute atomic E-state index is 0.0361. The van der Waals surface area contributed by atoms with Crippen molar-refractivity contribution in [2.45, 2.75) is 39.3 Å². The number of hydrogen-bond donors (Lipinski definition) is 1. The zero-order valence-corrected chi connectivity index (χ0v) is 17.8. The third-order valence-corrected chi connectivity index (χ3v) is 5.78. The van der Waals surface area contributed by atoms with E-state index in [-0.39, 0.29) is 12.5 Å². The molecule has 1 aliphatic rings. The summed E-state index contributed by atoms with van der Waals surface area (Å²) < 4.78 is 5.63. The van der Waals surface area contributed by atoms with Gasteiger partial charge in [0.05, 0.1) is 12.2 Å². The van der Waals surface area contributed by atoms with Crippen LogP contribution in [0.3, 0.4) is 0 Å². The van der Waals surface area contributed by atoms with Gasteiger partial charge >= 0.3 is 6.03 Å². The number of carbonyl (C=O) groups excluding carboxylic acids is 2. The molecule has 1 aliphatic heterocycles. The van der Waals surface area contributed by atoms with Crippen molar-refractivity contribution in [2.75, 3.05) is 0 Å². The summed E-state index contributed by atoms with van der Waals surface area (Å²) in [5.74, 6) is 0.155. The quantitative estimate of drug-likeness (QED) is 0.588. The summed E-state index contributed by atoms with van der Waals surface area (Å²) in [4.78, 5) is 31.6. The number of urea groups is 1. The van der Waals surface area contributed by atoms with Gasteiger partial charge in [0.2, 0.25) is 5.89 Å². The third-order valence-electron chi connectivity index (χ3n) is 5.53. The number of imide groups is 1. The molecule has 0 aliphatic carbocycles. The number of benzene rings is 2. The molecule has 1 N–H and O–H groups in total. The largest absolute Gasteiger partial charge is 0.444 e. The van der Waals surface area contributed by atoms with Crippen molar-refractivity contribution in [3.05, 3.63) is 76.1 Å². The van der Waals surface area contributed by atoms with E-state index in [1.54, 1.807) is 24.3 Å². The molecule has 0 saturated carbocycles. The fourth-order valence-corrected chi connectivity index (χ4v) is 3.99. The molecule has 0 spiro atoms. The Balaban J connectivity index is 1.60. The highest BCUT2D eigenvalue weighted by Gasteiger charge is 2.51. The number of amides is 3. The Bertz CT molecular complexity index is 1120. The van der Waals surface area contributed by atoms with Crippen LogP contribution in [0.15, 0.2) is 53.1 Å². The summed E-state index contributed by atoms with van der Waals surface area (Å²) >= 11 is 5.98. The summed E-state index contributed by atoms with van der Waals surface area (Å²) in [5.41, 5.74) is 3.18. The number of nitrogens with zero attached hydrogens (tertiary/aromatic N) is 2. The number of aromatic nitrogens is 1. The molecule has 0 unspecified atom stereocenters. The molecule has 7 heteroatoms. The summed E-state index contributed by atoms with van der Waals surface area (Å²) in [5, 5.41) is 3.43. The molecule has 2 heterocycles. The molecule has 3 aromatic rings. The van der Waals surface area contributed by atoms with Crippen LogP contribution < -0.4 is 5.32 Å². The van der Waals surface area contributed by atoms with Gasteiger partial charge in [0.15, 0.2) is 0 Å². The second kappa shape index (κ2) is 7.61. The Kier molecular flexibility index (Phi) is 5.12. The molecule has 30 heavy (non-hydrogen) atoms. The molecule has 0 radical (unpaired) electrons. The van der Waals surface area contributed by atoms with Gasteiger partial charge in [-0.15, -0.1) is 0 Å². The minimum atomic E-state index is -1.11. The Morgan fingerprint density at radius 3 is 2.53 bits per heavy atom. The standard InChI is InChI=1S/C23H22ClN3O3/c1-4-23(16-6-8-17(24)9-7-16)21(28)27(22(29)26-23)12-18-13-30-20(25-18)19-10-5-14(2)11-15(19)3/h5-11,13H,4,12H2,1-3H3,(H,26,29)/t23-/m1/s1. The van der Waals surface area contributed by atoms with Crippen LogP contribution in [0.2, 0.25) is 5.02 Å². The zero-order valence-electron chi connectivity index (χ0n) is 17.0. The van der Waals surface area contributed by atoms with E-state index in [2.05, 4.69) is 16.4 Å². The van der Waals surface area contributed by atoms with Crippen LogP contribution in [0.4, 0.5) is 4.79 Å². The van der Waals surface area contributed by atoms with Crippen molar-refractivity contribution in [1.82, 2.24) is 15.2 Å². The highest BCUT2D eigenvalue weighted by Crippen LogP contribution is 2.34. The van der Waals surface area contributed by atoms with Crippen molar-refractivity contribution in [3.8, 4) is 11.5 Å². The third kappa shape index (κ3) is 3.37. The molecular formula is C23H22ClN3O3. The number of oxazole rings is 1. The van der Waals surface area contributed by atoms with E-state index >= 15 is 0 Å². The van der Waals surface area contributed by atoms with Crippen molar-refractivity contribution < 1.29 is 14.0 Å². The maximum absolute atomic E-state index is 13.3. The first-order valence-corrected chi connectivity index (χ1v) is 10.1. The average Bonchev–Trinajstić information content (AvgIpc) is 3.27. The highest BCUT2D eigenvalue weighted by molar-refractivity contribution is 6.30. The van der Waals surface area contributed by atoms with Crippen molar-refractivity contribution in [1.29, 1.82) is 0 Å². The number of nitrogens with one attached hydrogen (secondary N) is 1. The lowest BCUT2D eigenvalue weighted by atomic mass is 9.87. The van der Waals surface area contributed by atoms with E-state index in [0.29, 0.717) is 28.6 Å². The van der Waals surface area contributed by atoms with Crippen LogP contribution in [0, 0.1) is 13.8 Å². The van der Waals surface area contributed by atoms with Gasteiger partial charge in [-0.05, 0) is 49.6 Å². The summed E-state index contributed by atoms with van der Waals surface area (Å²) in [6.45, 7) is 5.92. The van der Waals surface area contributed by atoms with Gasteiger partial charge in [0, 0.05) is 10.6 Å². The lowest BCUT2D eigenvalue weighted by Crippen LogP contribution is -2.43. The van der Waals surface area contributed by atoms with Crippen molar-refractivity contribution >= 4 is 23.5 Å². The van der Waals surface area contributed by atoms with Crippen LogP contribution in [-0.2, 0) is 16.9 Å². The van der Waals surface area contributed by atoms with Gasteiger partial charge in [-0.2, -0.15) is 0 Å². The molecule has 1 atom stereocenters. The maximum atomic E-state index is 13.3. The topological polar surface area (TPSA) is 75.4 Å². The van der Waals surface area contributed by atoms with Gasteiger partial charge in [-0.3, -0.25) is 9.69 Å². The lowest BCUT2D eigenvalue weighted by molar-refractivity contribution is -0.132. The zero-order chi connectivity index (χ0) is 21.5. The fraction of sp³-hybridized carbons (Fsp3) is 0.261. The Hall–Kier alpha value is -3.12. The number of halogens is 1. The van der Waals surface area contributed by atoms with Crippen molar-refractivity contribution in [3.63, 3.8) is 0 Å². The SMILES string of the molecule is CC[C@]1(c2ccc(Cl)cc2)NC(=O)N(Cc2coc(-c3ccc(C)cc3C)n2)C1=O. The average molecular weight is 424 g/mol. The van der Waals surface area contributed by atoms with Crippen LogP contribution in [0.25, 0.3) is 11.5 Å². The Labute approximate surface area is 179 Å². The molecular weight excluding hydrogens is 402 g/mol. The molecule has 4 rings (SSSR count). The second-order valence-corrected chi connectivity index (χ2v) is 7.99. The van der Waals surface area contributed by atoms with E-state index < -0.39 is 11.6 Å². The van der Waals surface area contributed by atoms with E-state index in [1.807, 2.05) is 32.9 Å². The molecule has 2 aromatic carbocycles. The van der Waals surface area contributed by atoms with E-state index in [4.69, 9.17) is 16.0 Å². The monoisotopic (exact) mass is 423 g/mol. The smallest absolute Gasteiger partial charge is 0.325 e. The molecule has 3 amide bonds. The molecule has 1 fully saturated rings. The molecule has 1 aromatic heterocycles. The van der Waals surface area contributed by atoms with Gasteiger partial charge in [-0.25, -0.2) is 9.78 Å². The number of aryl methyl sites for hydroxylation is 2. The van der Waals surface area contributed by atoms with E-state index in [1.165, 1.54) is 11.2 Å². The number of hydrogen-bond acceptors (Lipinski definition) is 4. The fourth-order valence-electron chi connectivity index (χ4n) is 3.86. The second-order valence-electron chi connectivity index (χ2n) is 7.55. The molecule has 1 saturated heterocycles. The molecule has 154 valence electrons. The Morgan fingerprint density at radius 2 is 1.87 bits per heavy atom. The Morgan fingerprint density at radius 1 is 1.13 bits per heavy atom. The van der Waals surface area contributed by atoms with Gasteiger partial charge < -0.3 is 9.73 Å². The van der Waals surface area contributed by atoms with Crippen LogP contribution in [-0.4, -0.2) is 21.8 Å². The lowest BCUT2D eigenvalue weighted by Gasteiger charge is -2.25. The predicted molar refractivity (Wildman–Crippen MR) is 114 cm³/mol. The summed E-state index contributed by atoms with van der Waals surface area (Å²) in [6.07, 6.45) is 1.91. The van der Waals surface area contributed by atoms with Crippen LogP contribution in [0.1, 0.15) is 35.7 Å². The van der Waals surface area contributed by atoms with E-state index in [0.717, 1.165) is 16.7 Å². The van der Waals surface area contributed by atoms with Crippen molar-refractivity contribution in [2.24, 2.45) is 0 Å². The van der Waals surface area contributed by atoms with Crippen LogP contribution in [0.5, 0.6) is 0 Å².